The lowest BCUT2D eigenvalue weighted by Gasteiger charge is -2.37. The van der Waals surface area contributed by atoms with E-state index in [1.807, 2.05) is 0 Å². The van der Waals surface area contributed by atoms with Crippen LogP contribution in [0.15, 0.2) is 24.3 Å². The molecular weight excluding hydrogens is 397 g/mol. The van der Waals surface area contributed by atoms with Gasteiger partial charge in [0.05, 0.1) is 18.6 Å². The molecule has 0 bridgehead atoms. The molecule has 3 fully saturated rings. The molecule has 0 aromatic heterocycles. The SMILES string of the molecule is Cl.Cl.O=C(NCc1ccc(CN2CCOCC2)cc1)[C@@]12CCCC[C@H]1CNC2. The number of nitrogens with zero attached hydrogens (tertiary/aromatic N) is 1. The van der Waals surface area contributed by atoms with Gasteiger partial charge in [-0.2, -0.15) is 0 Å². The first-order valence-corrected chi connectivity index (χ1v) is 10.1. The van der Waals surface area contributed by atoms with Gasteiger partial charge in [0, 0.05) is 32.7 Å². The normalized spacial score (nSPS) is 27.2. The molecule has 1 aromatic carbocycles. The number of ether oxygens (including phenoxy) is 1. The molecule has 5 nitrogen and oxygen atoms in total. The van der Waals surface area contributed by atoms with Gasteiger partial charge in [-0.25, -0.2) is 0 Å². The Morgan fingerprint density at radius 2 is 1.86 bits per heavy atom. The van der Waals surface area contributed by atoms with Crippen molar-refractivity contribution in [3.63, 3.8) is 0 Å². The number of hydrogen-bond acceptors (Lipinski definition) is 4. The highest BCUT2D eigenvalue weighted by Crippen LogP contribution is 2.43. The van der Waals surface area contributed by atoms with Crippen LogP contribution in [0.3, 0.4) is 0 Å². The Morgan fingerprint density at radius 3 is 2.61 bits per heavy atom. The van der Waals surface area contributed by atoms with Gasteiger partial charge in [0.25, 0.3) is 0 Å². The predicted molar refractivity (Wildman–Crippen MR) is 116 cm³/mol. The van der Waals surface area contributed by atoms with Crippen molar-refractivity contribution in [1.82, 2.24) is 15.5 Å². The lowest BCUT2D eigenvalue weighted by Crippen LogP contribution is -2.47. The van der Waals surface area contributed by atoms with Crippen LogP contribution in [0.25, 0.3) is 0 Å². The number of fused-ring (bicyclic) bond motifs is 1. The summed E-state index contributed by atoms with van der Waals surface area (Å²) in [5.41, 5.74) is 2.35. The highest BCUT2D eigenvalue weighted by molar-refractivity contribution is 5.85. The van der Waals surface area contributed by atoms with Crippen LogP contribution >= 0.6 is 24.8 Å². The molecule has 2 saturated heterocycles. The zero-order valence-electron chi connectivity index (χ0n) is 16.5. The maximum absolute atomic E-state index is 12.9. The van der Waals surface area contributed by atoms with Crippen molar-refractivity contribution in [3.8, 4) is 0 Å². The summed E-state index contributed by atoms with van der Waals surface area (Å²) in [5, 5.41) is 6.68. The average molecular weight is 430 g/mol. The van der Waals surface area contributed by atoms with Crippen LogP contribution < -0.4 is 10.6 Å². The molecule has 0 spiro atoms. The maximum Gasteiger partial charge on any atom is 0.228 e. The van der Waals surface area contributed by atoms with Crippen molar-refractivity contribution in [2.24, 2.45) is 11.3 Å². The van der Waals surface area contributed by atoms with Crippen LogP contribution in [-0.2, 0) is 22.6 Å². The van der Waals surface area contributed by atoms with E-state index in [1.165, 1.54) is 30.4 Å². The summed E-state index contributed by atoms with van der Waals surface area (Å²) in [6, 6.07) is 8.68. The van der Waals surface area contributed by atoms with E-state index in [1.54, 1.807) is 0 Å². The molecule has 2 N–H and O–H groups in total. The minimum absolute atomic E-state index is 0. The van der Waals surface area contributed by atoms with Gasteiger partial charge in [-0.3, -0.25) is 9.69 Å². The lowest BCUT2D eigenvalue weighted by molar-refractivity contribution is -0.134. The first kappa shape index (κ1) is 23.4. The summed E-state index contributed by atoms with van der Waals surface area (Å²) in [7, 11) is 0. The van der Waals surface area contributed by atoms with Crippen LogP contribution in [0.1, 0.15) is 36.8 Å². The van der Waals surface area contributed by atoms with E-state index in [0.717, 1.165) is 52.4 Å². The molecule has 3 aliphatic rings. The summed E-state index contributed by atoms with van der Waals surface area (Å²) in [4.78, 5) is 15.4. The number of carbonyl (C=O) groups is 1. The number of halogens is 2. The summed E-state index contributed by atoms with van der Waals surface area (Å²) < 4.78 is 5.40. The summed E-state index contributed by atoms with van der Waals surface area (Å²) in [6.07, 6.45) is 4.68. The Morgan fingerprint density at radius 1 is 1.14 bits per heavy atom. The number of hydrogen-bond donors (Lipinski definition) is 2. The van der Waals surface area contributed by atoms with Gasteiger partial charge in [0.15, 0.2) is 0 Å². The molecule has 0 unspecified atom stereocenters. The Bertz CT molecular complexity index is 623. The minimum atomic E-state index is -0.158. The molecule has 2 heterocycles. The minimum Gasteiger partial charge on any atom is -0.379 e. The summed E-state index contributed by atoms with van der Waals surface area (Å²) >= 11 is 0. The Hall–Kier alpha value is -0.850. The molecule has 2 atom stereocenters. The first-order chi connectivity index (χ1) is 12.8. The Kier molecular flexibility index (Phi) is 9.03. The first-order valence-electron chi connectivity index (χ1n) is 10.1. The smallest absolute Gasteiger partial charge is 0.228 e. The van der Waals surface area contributed by atoms with Crippen molar-refractivity contribution >= 4 is 30.7 Å². The van der Waals surface area contributed by atoms with Crippen LogP contribution in [0.5, 0.6) is 0 Å². The number of rotatable bonds is 5. The highest BCUT2D eigenvalue weighted by atomic mass is 35.5. The van der Waals surface area contributed by atoms with Gasteiger partial charge < -0.3 is 15.4 Å². The topological polar surface area (TPSA) is 53.6 Å². The molecule has 7 heteroatoms. The quantitative estimate of drug-likeness (QED) is 0.755. The molecule has 1 aliphatic carbocycles. The maximum atomic E-state index is 12.9. The lowest BCUT2D eigenvalue weighted by atomic mass is 9.67. The molecule has 28 heavy (non-hydrogen) atoms. The van der Waals surface area contributed by atoms with E-state index in [4.69, 9.17) is 4.74 Å². The third kappa shape index (κ3) is 5.19. The number of carbonyl (C=O) groups excluding carboxylic acids is 1. The fourth-order valence-corrected chi connectivity index (χ4v) is 4.83. The van der Waals surface area contributed by atoms with E-state index in [0.29, 0.717) is 12.5 Å². The van der Waals surface area contributed by atoms with Gasteiger partial charge in [0.1, 0.15) is 0 Å². The Labute approximate surface area is 180 Å². The van der Waals surface area contributed by atoms with Gasteiger partial charge in [-0.05, 0) is 36.4 Å². The fourth-order valence-electron chi connectivity index (χ4n) is 4.83. The number of benzene rings is 1. The van der Waals surface area contributed by atoms with Gasteiger partial charge in [0.2, 0.25) is 5.91 Å². The number of amides is 1. The third-order valence-electron chi connectivity index (χ3n) is 6.48. The molecule has 2 aliphatic heterocycles. The van der Waals surface area contributed by atoms with Crippen LogP contribution in [-0.4, -0.2) is 50.2 Å². The molecule has 1 amide bonds. The van der Waals surface area contributed by atoms with Crippen LogP contribution in [0, 0.1) is 11.3 Å². The second-order valence-electron chi connectivity index (χ2n) is 8.12. The summed E-state index contributed by atoms with van der Waals surface area (Å²) in [5.74, 6) is 0.775. The van der Waals surface area contributed by atoms with Crippen molar-refractivity contribution in [1.29, 1.82) is 0 Å². The highest BCUT2D eigenvalue weighted by Gasteiger charge is 2.49. The largest absolute Gasteiger partial charge is 0.379 e. The molecular formula is C21H33Cl2N3O2. The van der Waals surface area contributed by atoms with Gasteiger partial charge in [-0.1, -0.05) is 37.1 Å². The second kappa shape index (κ2) is 10.8. The van der Waals surface area contributed by atoms with E-state index < -0.39 is 0 Å². The van der Waals surface area contributed by atoms with Crippen molar-refractivity contribution in [2.45, 2.75) is 38.8 Å². The Balaban J connectivity index is 0.00000140. The second-order valence-corrected chi connectivity index (χ2v) is 8.12. The zero-order chi connectivity index (χ0) is 17.8. The fraction of sp³-hybridized carbons (Fsp3) is 0.667. The van der Waals surface area contributed by atoms with Crippen molar-refractivity contribution in [3.05, 3.63) is 35.4 Å². The molecule has 4 rings (SSSR count). The van der Waals surface area contributed by atoms with Crippen LogP contribution in [0.2, 0.25) is 0 Å². The van der Waals surface area contributed by atoms with E-state index in [2.05, 4.69) is 39.8 Å². The molecule has 158 valence electrons. The van der Waals surface area contributed by atoms with Crippen LogP contribution in [0.4, 0.5) is 0 Å². The van der Waals surface area contributed by atoms with E-state index in [-0.39, 0.29) is 36.1 Å². The van der Waals surface area contributed by atoms with E-state index in [9.17, 15) is 4.79 Å². The van der Waals surface area contributed by atoms with Crippen molar-refractivity contribution < 1.29 is 9.53 Å². The number of morpholine rings is 1. The monoisotopic (exact) mass is 429 g/mol. The van der Waals surface area contributed by atoms with Gasteiger partial charge in [-0.15, -0.1) is 24.8 Å². The van der Waals surface area contributed by atoms with Crippen molar-refractivity contribution in [2.75, 3.05) is 39.4 Å². The summed E-state index contributed by atoms with van der Waals surface area (Å²) in [6.45, 7) is 7.15. The third-order valence-corrected chi connectivity index (χ3v) is 6.48. The van der Waals surface area contributed by atoms with E-state index >= 15 is 0 Å². The molecule has 0 radical (unpaired) electrons. The van der Waals surface area contributed by atoms with Gasteiger partial charge >= 0.3 is 0 Å². The molecule has 1 aromatic rings. The molecule has 1 saturated carbocycles. The predicted octanol–water partition coefficient (Wildman–Crippen LogP) is 2.76. The number of nitrogens with one attached hydrogen (secondary N) is 2. The zero-order valence-corrected chi connectivity index (χ0v) is 18.1. The average Bonchev–Trinajstić information content (AvgIpc) is 3.13. The standard InChI is InChI=1S/C21H31N3O2.2ClH/c25-20(21-8-2-1-3-19(21)14-22-16-21)23-13-17-4-6-18(7-5-17)15-24-9-11-26-12-10-24;;/h4-7,19,22H,1-3,8-16H2,(H,23,25);2*1H/t19-,21+;;/m0../s1.